The number of rotatable bonds is 4. The number of halogens is 2. The van der Waals surface area contributed by atoms with Gasteiger partial charge in [-0.2, -0.15) is 0 Å². The van der Waals surface area contributed by atoms with Crippen molar-refractivity contribution in [3.63, 3.8) is 0 Å². The van der Waals surface area contributed by atoms with E-state index < -0.39 is 30.0 Å². The van der Waals surface area contributed by atoms with Crippen LogP contribution in [0, 0.1) is 0 Å². The fourth-order valence-corrected chi connectivity index (χ4v) is 4.32. The number of hydrogen-bond donors (Lipinski definition) is 0. The molecule has 0 spiro atoms. The molecular formula is C14H8Br2K2O6S2. The van der Waals surface area contributed by atoms with E-state index in [-0.39, 0.29) is 114 Å². The zero-order valence-electron chi connectivity index (χ0n) is 13.6. The van der Waals surface area contributed by atoms with Crippen LogP contribution in [0.5, 0.6) is 0 Å². The van der Waals surface area contributed by atoms with E-state index in [2.05, 4.69) is 31.9 Å². The summed E-state index contributed by atoms with van der Waals surface area (Å²) in [7, 11) is -9.45. The Hall–Kier alpha value is 2.23. The Morgan fingerprint density at radius 1 is 0.692 bits per heavy atom. The van der Waals surface area contributed by atoms with E-state index >= 15 is 0 Å². The molecule has 0 atom stereocenters. The van der Waals surface area contributed by atoms with Gasteiger partial charge in [0, 0.05) is 8.95 Å². The molecule has 2 aromatic rings. The van der Waals surface area contributed by atoms with Crippen LogP contribution in [0.2, 0.25) is 0 Å². The van der Waals surface area contributed by atoms with Gasteiger partial charge in [-0.3, -0.25) is 0 Å². The van der Waals surface area contributed by atoms with Crippen LogP contribution in [0.15, 0.2) is 55.1 Å². The first-order valence-electron chi connectivity index (χ1n) is 6.17. The molecule has 0 aliphatic rings. The van der Waals surface area contributed by atoms with Crippen molar-refractivity contribution >= 4 is 64.2 Å². The zero-order chi connectivity index (χ0) is 18.1. The molecule has 2 aromatic carbocycles. The van der Waals surface area contributed by atoms with Gasteiger partial charge in [0.1, 0.15) is 20.2 Å². The molecule has 128 valence electrons. The molecule has 2 rings (SSSR count). The molecule has 0 N–H and O–H groups in total. The molecule has 0 amide bonds. The molecule has 0 heterocycles. The molecule has 0 aliphatic carbocycles. The van der Waals surface area contributed by atoms with Crippen LogP contribution in [0.25, 0.3) is 12.2 Å². The van der Waals surface area contributed by atoms with E-state index in [0.717, 1.165) is 12.1 Å². The van der Waals surface area contributed by atoms with Crippen LogP contribution in [-0.4, -0.2) is 25.9 Å². The predicted molar refractivity (Wildman–Crippen MR) is 93.1 cm³/mol. The maximum Gasteiger partial charge on any atom is 1.00 e. The van der Waals surface area contributed by atoms with Crippen LogP contribution in [0.4, 0.5) is 0 Å². The third kappa shape index (κ3) is 8.16. The van der Waals surface area contributed by atoms with Gasteiger partial charge in [0.15, 0.2) is 0 Å². The molecule has 12 heteroatoms. The summed E-state index contributed by atoms with van der Waals surface area (Å²) >= 11 is 6.15. The SMILES string of the molecule is O=S(=O)([O-])c1cc(Br)ccc1C=Cc1ccc(Br)cc1S(=O)(=O)[O-].[K+].[K+]. The fourth-order valence-electron chi connectivity index (χ4n) is 1.90. The molecule has 6 nitrogen and oxygen atoms in total. The Morgan fingerprint density at radius 3 is 1.27 bits per heavy atom. The van der Waals surface area contributed by atoms with E-state index in [0.29, 0.717) is 8.95 Å². The van der Waals surface area contributed by atoms with E-state index in [1.165, 1.54) is 36.4 Å². The van der Waals surface area contributed by atoms with Crippen LogP contribution in [0.3, 0.4) is 0 Å². The van der Waals surface area contributed by atoms with Crippen molar-refractivity contribution in [2.45, 2.75) is 9.79 Å². The van der Waals surface area contributed by atoms with Crippen molar-refractivity contribution in [3.05, 3.63) is 56.5 Å². The van der Waals surface area contributed by atoms with Gasteiger partial charge < -0.3 is 9.11 Å². The van der Waals surface area contributed by atoms with E-state index in [1.54, 1.807) is 0 Å². The molecule has 26 heavy (non-hydrogen) atoms. The summed E-state index contributed by atoms with van der Waals surface area (Å²) in [4.78, 5) is -0.923. The second kappa shape index (κ2) is 11.6. The monoisotopic (exact) mass is 572 g/mol. The number of benzene rings is 2. The molecule has 0 radical (unpaired) electrons. The summed E-state index contributed by atoms with van der Waals surface area (Å²) < 4.78 is 68.8. The van der Waals surface area contributed by atoms with Gasteiger partial charge in [0.2, 0.25) is 0 Å². The maximum absolute atomic E-state index is 11.3. The second-order valence-corrected chi connectivity index (χ2v) is 9.13. The minimum absolute atomic E-state index is 0. The van der Waals surface area contributed by atoms with Crippen LogP contribution >= 0.6 is 31.9 Å². The van der Waals surface area contributed by atoms with E-state index in [9.17, 15) is 25.9 Å². The van der Waals surface area contributed by atoms with Crippen molar-refractivity contribution in [2.75, 3.05) is 0 Å². The smallest absolute Gasteiger partial charge is 0.744 e. The average Bonchev–Trinajstić information content (AvgIpc) is 2.45. The van der Waals surface area contributed by atoms with Crippen LogP contribution in [-0.2, 0) is 20.2 Å². The van der Waals surface area contributed by atoms with Gasteiger partial charge in [-0.1, -0.05) is 56.1 Å². The Labute approximate surface area is 253 Å². The summed E-state index contributed by atoms with van der Waals surface area (Å²) in [5, 5.41) is 0. The average molecular weight is 574 g/mol. The third-order valence-electron chi connectivity index (χ3n) is 2.93. The maximum atomic E-state index is 11.3. The predicted octanol–water partition coefficient (Wildman–Crippen LogP) is -2.80. The van der Waals surface area contributed by atoms with Gasteiger partial charge >= 0.3 is 103 Å². The van der Waals surface area contributed by atoms with Gasteiger partial charge in [0.25, 0.3) is 0 Å². The van der Waals surface area contributed by atoms with Crippen molar-refractivity contribution in [2.24, 2.45) is 0 Å². The summed E-state index contributed by atoms with van der Waals surface area (Å²) in [5.74, 6) is 0. The van der Waals surface area contributed by atoms with Crippen molar-refractivity contribution in [3.8, 4) is 0 Å². The summed E-state index contributed by atoms with van der Waals surface area (Å²) in [6, 6.07) is 8.12. The standard InChI is InChI=1S/C14H10Br2O6S2.2K/c15-11-5-3-9(13(7-11)23(17,18)19)1-2-10-4-6-12(16)8-14(10)24(20,21)22;;/h1-8H,(H,17,18,19)(H,20,21,22);;/q;2*+1/p-2. The van der Waals surface area contributed by atoms with Crippen molar-refractivity contribution in [1.29, 1.82) is 0 Å². The molecule has 0 saturated heterocycles. The van der Waals surface area contributed by atoms with Gasteiger partial charge in [0.05, 0.1) is 9.79 Å². The van der Waals surface area contributed by atoms with Gasteiger partial charge in [-0.15, -0.1) is 0 Å². The summed E-state index contributed by atoms with van der Waals surface area (Å²) in [6.45, 7) is 0. The Morgan fingerprint density at radius 2 is 1.00 bits per heavy atom. The first-order chi connectivity index (χ1) is 11.0. The molecular weight excluding hydrogens is 566 g/mol. The second-order valence-electron chi connectivity index (χ2n) is 4.61. The zero-order valence-corrected chi connectivity index (χ0v) is 24.7. The molecule has 0 fully saturated rings. The molecule has 0 unspecified atom stereocenters. The minimum Gasteiger partial charge on any atom is -0.744 e. The van der Waals surface area contributed by atoms with E-state index in [1.807, 2.05) is 0 Å². The van der Waals surface area contributed by atoms with Crippen LogP contribution < -0.4 is 103 Å². The quantitative estimate of drug-likeness (QED) is 0.222. The van der Waals surface area contributed by atoms with Crippen LogP contribution in [0.1, 0.15) is 11.1 Å². The molecule has 0 bridgehead atoms. The Kier molecular flexibility index (Phi) is 12.6. The minimum atomic E-state index is -4.72. The van der Waals surface area contributed by atoms with Gasteiger partial charge in [-0.05, 0) is 35.4 Å². The molecule has 0 aliphatic heterocycles. The first-order valence-corrected chi connectivity index (χ1v) is 10.6. The normalized spacial score (nSPS) is 11.7. The summed E-state index contributed by atoms with van der Waals surface area (Å²) in [6.07, 6.45) is 2.52. The fraction of sp³-hybridized carbons (Fsp3) is 0. The Balaban J connectivity index is 0.00000312. The van der Waals surface area contributed by atoms with Gasteiger partial charge in [-0.25, -0.2) is 16.8 Å². The Bertz CT molecular complexity index is 954. The van der Waals surface area contributed by atoms with Crippen molar-refractivity contribution < 1.29 is 129 Å². The largest absolute Gasteiger partial charge is 1.00 e. The number of hydrogen-bond acceptors (Lipinski definition) is 6. The first kappa shape index (κ1) is 28.2. The molecule has 0 saturated carbocycles. The van der Waals surface area contributed by atoms with E-state index in [4.69, 9.17) is 0 Å². The molecule has 0 aromatic heterocycles. The van der Waals surface area contributed by atoms with Crippen molar-refractivity contribution in [1.82, 2.24) is 0 Å². The third-order valence-corrected chi connectivity index (χ3v) is 5.70. The summed E-state index contributed by atoms with van der Waals surface area (Å²) in [5.41, 5.74) is 0.149. The topological polar surface area (TPSA) is 114 Å².